The minimum atomic E-state index is 0.367. The van der Waals surface area contributed by atoms with Crippen LogP contribution >= 0.6 is 0 Å². The monoisotopic (exact) mass is 540 g/mol. The molecule has 1 aliphatic carbocycles. The lowest BCUT2D eigenvalue weighted by atomic mass is 9.97. The summed E-state index contributed by atoms with van der Waals surface area (Å²) in [5.41, 5.74) is 5.65. The first-order valence-electron chi connectivity index (χ1n) is 14.8. The highest BCUT2D eigenvalue weighted by Gasteiger charge is 2.39. The Morgan fingerprint density at radius 2 is 1.82 bits per heavy atom. The highest BCUT2D eigenvalue weighted by atomic mass is 16.5. The standard InChI is InChI=1S/C31H40N8O/c1-20-28(32-16-21-8-10-37(2)11-9-21)34-19-35-29(20)39-12-13-40-27-7-6-23(14-25(27)18-39)24-15-26-31(33-17-24)38(3)30(36-26)22-4-5-22/h6-7,14-15,17,19,21-22,30,36H,4-5,8-13,16,18H2,1-3H3,(H,32,34,35). The second-order valence-electron chi connectivity index (χ2n) is 12.0. The molecule has 1 unspecified atom stereocenters. The van der Waals surface area contributed by atoms with Crippen LogP contribution in [-0.4, -0.2) is 72.9 Å². The lowest BCUT2D eigenvalue weighted by Crippen LogP contribution is -2.34. The van der Waals surface area contributed by atoms with Crippen molar-refractivity contribution in [3.63, 3.8) is 0 Å². The number of aromatic nitrogens is 3. The van der Waals surface area contributed by atoms with E-state index in [0.29, 0.717) is 18.7 Å². The van der Waals surface area contributed by atoms with E-state index >= 15 is 0 Å². The van der Waals surface area contributed by atoms with Gasteiger partial charge in [-0.2, -0.15) is 0 Å². The minimum Gasteiger partial charge on any atom is -0.491 e. The van der Waals surface area contributed by atoms with Gasteiger partial charge in [-0.05, 0) is 88.3 Å². The Morgan fingerprint density at radius 3 is 2.65 bits per heavy atom. The third-order valence-electron chi connectivity index (χ3n) is 9.12. The van der Waals surface area contributed by atoms with Gasteiger partial charge in [-0.3, -0.25) is 0 Å². The van der Waals surface area contributed by atoms with Gasteiger partial charge in [0.05, 0.1) is 12.2 Å². The molecule has 9 heteroatoms. The highest BCUT2D eigenvalue weighted by molar-refractivity contribution is 5.79. The highest BCUT2D eigenvalue weighted by Crippen LogP contribution is 2.43. The van der Waals surface area contributed by atoms with Crippen LogP contribution in [0.4, 0.5) is 23.1 Å². The fraction of sp³-hybridized carbons (Fsp3) is 0.516. The SMILES string of the molecule is Cc1c(NCC2CCN(C)CC2)ncnc1N1CCOc2ccc(-c3cnc4c(c3)NC(C3CC3)N4C)cc2C1. The number of pyridine rings is 1. The summed E-state index contributed by atoms with van der Waals surface area (Å²) < 4.78 is 6.19. The number of hydrogen-bond donors (Lipinski definition) is 2. The van der Waals surface area contributed by atoms with E-state index in [2.05, 4.69) is 75.6 Å². The Labute approximate surface area is 237 Å². The summed E-state index contributed by atoms with van der Waals surface area (Å²) in [6.07, 6.45) is 9.12. The molecule has 9 nitrogen and oxygen atoms in total. The predicted octanol–water partition coefficient (Wildman–Crippen LogP) is 4.60. The van der Waals surface area contributed by atoms with Gasteiger partial charge < -0.3 is 30.1 Å². The fourth-order valence-electron chi connectivity index (χ4n) is 6.44. The van der Waals surface area contributed by atoms with Crippen molar-refractivity contribution in [2.45, 2.75) is 45.3 Å². The molecule has 7 rings (SSSR count). The maximum atomic E-state index is 6.19. The van der Waals surface area contributed by atoms with E-state index in [9.17, 15) is 0 Å². The van der Waals surface area contributed by atoms with E-state index in [-0.39, 0.29) is 0 Å². The Kier molecular flexibility index (Phi) is 6.62. The van der Waals surface area contributed by atoms with Crippen molar-refractivity contribution in [1.29, 1.82) is 0 Å². The van der Waals surface area contributed by atoms with Gasteiger partial charge >= 0.3 is 0 Å². The smallest absolute Gasteiger partial charge is 0.153 e. The molecule has 0 spiro atoms. The summed E-state index contributed by atoms with van der Waals surface area (Å²) in [5.74, 6) is 5.32. The molecule has 2 aromatic heterocycles. The van der Waals surface area contributed by atoms with Crippen molar-refractivity contribution in [2.75, 3.05) is 67.3 Å². The quantitative estimate of drug-likeness (QED) is 0.466. The Balaban J connectivity index is 1.09. The van der Waals surface area contributed by atoms with Crippen molar-refractivity contribution in [1.82, 2.24) is 19.9 Å². The number of rotatable bonds is 6. The molecule has 40 heavy (non-hydrogen) atoms. The van der Waals surface area contributed by atoms with Crippen LogP contribution in [0.1, 0.15) is 36.8 Å². The summed E-state index contributed by atoms with van der Waals surface area (Å²) >= 11 is 0. The number of nitrogens with one attached hydrogen (secondary N) is 2. The van der Waals surface area contributed by atoms with Crippen LogP contribution in [0.15, 0.2) is 36.8 Å². The van der Waals surface area contributed by atoms with Crippen LogP contribution < -0.4 is 25.2 Å². The molecule has 1 aromatic carbocycles. The number of hydrogen-bond acceptors (Lipinski definition) is 9. The zero-order valence-corrected chi connectivity index (χ0v) is 23.9. The van der Waals surface area contributed by atoms with E-state index in [0.717, 1.165) is 76.7 Å². The van der Waals surface area contributed by atoms with E-state index in [4.69, 9.17) is 14.7 Å². The second-order valence-corrected chi connectivity index (χ2v) is 12.0. The van der Waals surface area contributed by atoms with E-state index < -0.39 is 0 Å². The molecule has 1 saturated carbocycles. The molecular formula is C31H40N8O. The van der Waals surface area contributed by atoms with Crippen molar-refractivity contribution in [2.24, 2.45) is 11.8 Å². The molecule has 0 amide bonds. The number of piperidine rings is 1. The molecule has 0 radical (unpaired) electrons. The summed E-state index contributed by atoms with van der Waals surface area (Å²) in [5, 5.41) is 7.35. The first kappa shape index (κ1) is 25.4. The third kappa shape index (κ3) is 4.91. The van der Waals surface area contributed by atoms with Gasteiger partial charge in [0.25, 0.3) is 0 Å². The topological polar surface area (TPSA) is 81.7 Å². The van der Waals surface area contributed by atoms with Gasteiger partial charge in [-0.15, -0.1) is 0 Å². The molecule has 2 N–H and O–H groups in total. The summed E-state index contributed by atoms with van der Waals surface area (Å²) in [6.45, 7) is 7.56. The first-order chi connectivity index (χ1) is 19.5. The summed E-state index contributed by atoms with van der Waals surface area (Å²) in [6, 6.07) is 8.75. The van der Waals surface area contributed by atoms with Crippen LogP contribution in [0.5, 0.6) is 5.75 Å². The maximum Gasteiger partial charge on any atom is 0.153 e. The molecule has 3 aliphatic heterocycles. The number of ether oxygens (including phenoxy) is 1. The van der Waals surface area contributed by atoms with E-state index in [1.54, 1.807) is 6.33 Å². The van der Waals surface area contributed by atoms with Crippen LogP contribution in [0, 0.1) is 18.8 Å². The molecule has 0 bridgehead atoms. The van der Waals surface area contributed by atoms with E-state index in [1.165, 1.54) is 38.8 Å². The van der Waals surface area contributed by atoms with Crippen LogP contribution in [0.3, 0.4) is 0 Å². The van der Waals surface area contributed by atoms with Crippen LogP contribution in [-0.2, 0) is 6.54 Å². The van der Waals surface area contributed by atoms with Crippen molar-refractivity contribution in [3.8, 4) is 16.9 Å². The normalized spacial score (nSPS) is 21.3. The largest absolute Gasteiger partial charge is 0.491 e. The van der Waals surface area contributed by atoms with Crippen LogP contribution in [0.25, 0.3) is 11.1 Å². The van der Waals surface area contributed by atoms with Gasteiger partial charge in [0.15, 0.2) is 5.82 Å². The molecule has 1 atom stereocenters. The molecule has 5 heterocycles. The van der Waals surface area contributed by atoms with Crippen molar-refractivity contribution in [3.05, 3.63) is 47.9 Å². The first-order valence-corrected chi connectivity index (χ1v) is 14.8. The van der Waals surface area contributed by atoms with Gasteiger partial charge in [-0.1, -0.05) is 6.07 Å². The van der Waals surface area contributed by atoms with Gasteiger partial charge in [0.2, 0.25) is 0 Å². The molecule has 3 aromatic rings. The lowest BCUT2D eigenvalue weighted by molar-refractivity contribution is 0.226. The summed E-state index contributed by atoms with van der Waals surface area (Å²) in [7, 11) is 4.35. The van der Waals surface area contributed by atoms with Crippen molar-refractivity contribution < 1.29 is 4.74 Å². The fourth-order valence-corrected chi connectivity index (χ4v) is 6.44. The number of benzene rings is 1. The number of anilines is 4. The van der Waals surface area contributed by atoms with E-state index in [1.807, 2.05) is 6.20 Å². The minimum absolute atomic E-state index is 0.367. The molecule has 1 saturated heterocycles. The molecule has 2 fully saturated rings. The van der Waals surface area contributed by atoms with Gasteiger partial charge in [0, 0.05) is 43.0 Å². The predicted molar refractivity (Wildman–Crippen MR) is 160 cm³/mol. The Hall–Kier alpha value is -3.59. The molecule has 4 aliphatic rings. The van der Waals surface area contributed by atoms with Crippen molar-refractivity contribution >= 4 is 23.1 Å². The Morgan fingerprint density at radius 1 is 0.975 bits per heavy atom. The number of fused-ring (bicyclic) bond motifs is 2. The Bertz CT molecular complexity index is 1380. The number of nitrogens with zero attached hydrogens (tertiary/aromatic N) is 6. The number of likely N-dealkylation sites (tertiary alicyclic amines) is 1. The van der Waals surface area contributed by atoms with Gasteiger partial charge in [-0.25, -0.2) is 15.0 Å². The summed E-state index contributed by atoms with van der Waals surface area (Å²) in [4.78, 5) is 21.2. The zero-order valence-electron chi connectivity index (χ0n) is 23.9. The molecular weight excluding hydrogens is 500 g/mol. The van der Waals surface area contributed by atoms with Gasteiger partial charge in [0.1, 0.15) is 36.5 Å². The average Bonchev–Trinajstić information content (AvgIpc) is 3.79. The second kappa shape index (κ2) is 10.4. The lowest BCUT2D eigenvalue weighted by Gasteiger charge is -2.29. The van der Waals surface area contributed by atoms with Crippen LogP contribution in [0.2, 0.25) is 0 Å². The third-order valence-corrected chi connectivity index (χ3v) is 9.12. The molecule has 210 valence electrons. The average molecular weight is 541 g/mol. The maximum absolute atomic E-state index is 6.19. The zero-order chi connectivity index (χ0) is 27.2.